The number of hydrogen-bond donors (Lipinski definition) is 0. The van der Waals surface area contributed by atoms with Crippen molar-refractivity contribution in [3.63, 3.8) is 0 Å². The highest BCUT2D eigenvalue weighted by molar-refractivity contribution is 7.10. The molecule has 1 saturated heterocycles. The van der Waals surface area contributed by atoms with Gasteiger partial charge in [-0.25, -0.2) is 4.98 Å². The van der Waals surface area contributed by atoms with Crippen LogP contribution in [0.4, 0.5) is 11.4 Å². The standard InChI is InChI=1S/C25H21ClN6O6S/c26-19-5-4-16(13-21(19)32(36)37)20-14-39-25(27-20)15-8-10-30(11-9-15)23(33)7-6-22-28-24(29-38-22)17-2-1-3-18(12-17)31(34)35/h1-5,12-15H,6-11H2. The average molecular weight is 569 g/mol. The van der Waals surface area contributed by atoms with Gasteiger partial charge in [0.05, 0.1) is 20.5 Å². The quantitative estimate of drug-likeness (QED) is 0.193. The molecule has 1 fully saturated rings. The zero-order valence-electron chi connectivity index (χ0n) is 20.4. The molecular formula is C25H21ClN6O6S. The van der Waals surface area contributed by atoms with E-state index in [9.17, 15) is 25.0 Å². The maximum Gasteiger partial charge on any atom is 0.288 e. The van der Waals surface area contributed by atoms with Crippen LogP contribution < -0.4 is 0 Å². The van der Waals surface area contributed by atoms with Gasteiger partial charge in [-0.2, -0.15) is 4.98 Å². The molecule has 1 amide bonds. The lowest BCUT2D eigenvalue weighted by Gasteiger charge is -2.31. The summed E-state index contributed by atoms with van der Waals surface area (Å²) in [7, 11) is 0. The number of aromatic nitrogens is 3. The first-order chi connectivity index (χ1) is 18.8. The number of aryl methyl sites for hydroxylation is 1. The van der Waals surface area contributed by atoms with Crippen molar-refractivity contribution in [1.82, 2.24) is 20.0 Å². The van der Waals surface area contributed by atoms with Gasteiger partial charge in [0.2, 0.25) is 17.6 Å². The molecule has 0 radical (unpaired) electrons. The van der Waals surface area contributed by atoms with Crippen molar-refractivity contribution in [1.29, 1.82) is 0 Å². The highest BCUT2D eigenvalue weighted by Crippen LogP contribution is 2.35. The number of halogens is 1. The molecule has 2 aromatic heterocycles. The first kappa shape index (κ1) is 26.4. The number of likely N-dealkylation sites (tertiary alicyclic amines) is 1. The summed E-state index contributed by atoms with van der Waals surface area (Å²) in [5.74, 6) is 0.704. The molecule has 4 aromatic rings. The average Bonchev–Trinajstić information content (AvgIpc) is 3.63. The first-order valence-electron chi connectivity index (χ1n) is 12.0. The van der Waals surface area contributed by atoms with Crippen LogP contribution >= 0.6 is 22.9 Å². The van der Waals surface area contributed by atoms with E-state index < -0.39 is 9.85 Å². The van der Waals surface area contributed by atoms with E-state index in [1.807, 2.05) is 10.3 Å². The van der Waals surface area contributed by atoms with Crippen molar-refractivity contribution in [2.24, 2.45) is 0 Å². The van der Waals surface area contributed by atoms with Crippen LogP contribution in [0.5, 0.6) is 0 Å². The lowest BCUT2D eigenvalue weighted by Crippen LogP contribution is -2.38. The molecule has 0 N–H and O–H groups in total. The van der Waals surface area contributed by atoms with Crippen molar-refractivity contribution in [3.8, 4) is 22.6 Å². The Kier molecular flexibility index (Phi) is 7.61. The summed E-state index contributed by atoms with van der Waals surface area (Å²) in [4.78, 5) is 44.8. The number of thiazole rings is 1. The third-order valence-electron chi connectivity index (χ3n) is 6.49. The molecule has 3 heterocycles. The van der Waals surface area contributed by atoms with E-state index in [2.05, 4.69) is 10.1 Å². The van der Waals surface area contributed by atoms with E-state index in [0.717, 1.165) is 17.8 Å². The molecule has 0 spiro atoms. The SMILES string of the molecule is O=C(CCc1nc(-c2cccc([N+](=O)[O-])c2)no1)N1CCC(c2nc(-c3ccc(Cl)c([N+](=O)[O-])c3)cs2)CC1. The normalized spacial score (nSPS) is 13.9. The second-order valence-electron chi connectivity index (χ2n) is 8.97. The van der Waals surface area contributed by atoms with E-state index in [4.69, 9.17) is 21.1 Å². The van der Waals surface area contributed by atoms with E-state index in [0.29, 0.717) is 29.9 Å². The maximum atomic E-state index is 12.8. The molecule has 0 aliphatic carbocycles. The number of carbonyl (C=O) groups is 1. The van der Waals surface area contributed by atoms with E-state index in [1.165, 1.54) is 35.6 Å². The molecule has 200 valence electrons. The number of non-ortho nitro benzene ring substituents is 1. The van der Waals surface area contributed by atoms with E-state index in [-0.39, 0.29) is 52.8 Å². The van der Waals surface area contributed by atoms with Crippen LogP contribution in [0.2, 0.25) is 5.02 Å². The van der Waals surface area contributed by atoms with Gasteiger partial charge in [-0.1, -0.05) is 35.0 Å². The van der Waals surface area contributed by atoms with Crippen molar-refractivity contribution >= 4 is 40.2 Å². The fraction of sp³-hybridized carbons (Fsp3) is 0.280. The number of benzene rings is 2. The second-order valence-corrected chi connectivity index (χ2v) is 10.3. The summed E-state index contributed by atoms with van der Waals surface area (Å²) in [6.07, 6.45) is 2.00. The van der Waals surface area contributed by atoms with Gasteiger partial charge in [0.1, 0.15) is 5.02 Å². The van der Waals surface area contributed by atoms with Gasteiger partial charge in [0.25, 0.3) is 11.4 Å². The van der Waals surface area contributed by atoms with Crippen LogP contribution in [-0.4, -0.2) is 48.9 Å². The molecule has 5 rings (SSSR count). The summed E-state index contributed by atoms with van der Waals surface area (Å²) in [5, 5.41) is 29.0. The Morgan fingerprint density at radius 1 is 1.08 bits per heavy atom. The van der Waals surface area contributed by atoms with Crippen molar-refractivity contribution in [2.75, 3.05) is 13.1 Å². The molecular weight excluding hydrogens is 548 g/mol. The molecule has 0 saturated carbocycles. The molecule has 12 nitrogen and oxygen atoms in total. The Hall–Kier alpha value is -4.23. The number of rotatable bonds is 8. The van der Waals surface area contributed by atoms with E-state index >= 15 is 0 Å². The Bertz CT molecular complexity index is 1550. The predicted molar refractivity (Wildman–Crippen MR) is 142 cm³/mol. The summed E-state index contributed by atoms with van der Waals surface area (Å²) < 4.78 is 5.24. The Morgan fingerprint density at radius 3 is 2.62 bits per heavy atom. The smallest absolute Gasteiger partial charge is 0.288 e. The van der Waals surface area contributed by atoms with Gasteiger partial charge in [-0.15, -0.1) is 11.3 Å². The number of hydrogen-bond acceptors (Lipinski definition) is 10. The number of nitrogens with zero attached hydrogens (tertiary/aromatic N) is 6. The number of amides is 1. The number of nitro benzene ring substituents is 2. The largest absolute Gasteiger partial charge is 0.343 e. The maximum absolute atomic E-state index is 12.8. The summed E-state index contributed by atoms with van der Waals surface area (Å²) in [6, 6.07) is 10.6. The second kappa shape index (κ2) is 11.3. The van der Waals surface area contributed by atoms with Gasteiger partial charge < -0.3 is 9.42 Å². The number of carbonyl (C=O) groups excluding carboxylic acids is 1. The summed E-state index contributed by atoms with van der Waals surface area (Å²) >= 11 is 7.43. The molecule has 1 aliphatic rings. The molecule has 1 aliphatic heterocycles. The van der Waals surface area contributed by atoms with Crippen molar-refractivity contribution < 1.29 is 19.2 Å². The lowest BCUT2D eigenvalue weighted by atomic mass is 9.97. The van der Waals surface area contributed by atoms with Crippen LogP contribution in [0.1, 0.15) is 36.1 Å². The summed E-state index contributed by atoms with van der Waals surface area (Å²) in [5.41, 5.74) is 1.54. The lowest BCUT2D eigenvalue weighted by molar-refractivity contribution is -0.384. The fourth-order valence-corrected chi connectivity index (χ4v) is 5.59. The zero-order chi connectivity index (χ0) is 27.5. The number of piperidine rings is 1. The fourth-order valence-electron chi connectivity index (χ4n) is 4.40. The minimum atomic E-state index is -0.513. The predicted octanol–water partition coefficient (Wildman–Crippen LogP) is 5.67. The number of nitro groups is 2. The third kappa shape index (κ3) is 5.94. The van der Waals surface area contributed by atoms with Gasteiger partial charge in [-0.05, 0) is 18.9 Å². The molecule has 39 heavy (non-hydrogen) atoms. The van der Waals surface area contributed by atoms with Crippen LogP contribution in [0.3, 0.4) is 0 Å². The topological polar surface area (TPSA) is 158 Å². The Labute approximate surface area is 230 Å². The van der Waals surface area contributed by atoms with Crippen LogP contribution in [0, 0.1) is 20.2 Å². The van der Waals surface area contributed by atoms with Crippen molar-refractivity contribution in [2.45, 2.75) is 31.6 Å². The zero-order valence-corrected chi connectivity index (χ0v) is 21.9. The molecule has 0 atom stereocenters. The van der Waals surface area contributed by atoms with Crippen LogP contribution in [-0.2, 0) is 11.2 Å². The first-order valence-corrected chi connectivity index (χ1v) is 13.3. The van der Waals surface area contributed by atoms with Gasteiger partial charge in [-0.3, -0.25) is 25.0 Å². The van der Waals surface area contributed by atoms with Crippen LogP contribution in [0.15, 0.2) is 52.4 Å². The van der Waals surface area contributed by atoms with Crippen LogP contribution in [0.25, 0.3) is 22.6 Å². The monoisotopic (exact) mass is 568 g/mol. The molecule has 0 unspecified atom stereocenters. The highest BCUT2D eigenvalue weighted by Gasteiger charge is 2.26. The minimum absolute atomic E-state index is 0.0168. The third-order valence-corrected chi connectivity index (χ3v) is 7.82. The summed E-state index contributed by atoms with van der Waals surface area (Å²) in [6.45, 7) is 1.18. The Morgan fingerprint density at radius 2 is 1.87 bits per heavy atom. The minimum Gasteiger partial charge on any atom is -0.343 e. The highest BCUT2D eigenvalue weighted by atomic mass is 35.5. The molecule has 14 heteroatoms. The molecule has 0 bridgehead atoms. The van der Waals surface area contributed by atoms with E-state index in [1.54, 1.807) is 18.2 Å². The van der Waals surface area contributed by atoms with Gasteiger partial charge in [0, 0.05) is 66.6 Å². The van der Waals surface area contributed by atoms with Gasteiger partial charge in [0.15, 0.2) is 0 Å². The molecule has 2 aromatic carbocycles. The Balaban J connectivity index is 1.14. The van der Waals surface area contributed by atoms with Gasteiger partial charge >= 0.3 is 0 Å². The van der Waals surface area contributed by atoms with Crippen molar-refractivity contribution in [3.05, 3.63) is 84.0 Å².